The fourth-order valence-corrected chi connectivity index (χ4v) is 4.57. The van der Waals surface area contributed by atoms with Crippen LogP contribution < -0.4 is 5.32 Å². The van der Waals surface area contributed by atoms with E-state index in [9.17, 15) is 9.18 Å². The largest absolute Gasteiger partial charge is 0.326 e. The van der Waals surface area contributed by atoms with Crippen LogP contribution in [0.25, 0.3) is 22.0 Å². The quantitative estimate of drug-likeness (QED) is 0.378. The second kappa shape index (κ2) is 10.1. The van der Waals surface area contributed by atoms with Crippen LogP contribution in [-0.2, 0) is 17.8 Å². The Morgan fingerprint density at radius 1 is 0.912 bits per heavy atom. The van der Waals surface area contributed by atoms with Gasteiger partial charge in [-0.2, -0.15) is 0 Å². The summed E-state index contributed by atoms with van der Waals surface area (Å²) in [6.07, 6.45) is 4.12. The number of rotatable bonds is 6. The summed E-state index contributed by atoms with van der Waals surface area (Å²) in [5.74, 6) is -0.343. The number of nitrogens with zero attached hydrogens (tertiary/aromatic N) is 2. The molecule has 1 saturated heterocycles. The molecule has 4 nitrogen and oxygen atoms in total. The molecular weight excluding hydrogens is 425 g/mol. The number of fused-ring (bicyclic) bond motifs is 1. The molecule has 1 aromatic heterocycles. The number of hydrogen-bond donors (Lipinski definition) is 1. The highest BCUT2D eigenvalue weighted by atomic mass is 19.1. The summed E-state index contributed by atoms with van der Waals surface area (Å²) in [5.41, 5.74) is 5.01. The van der Waals surface area contributed by atoms with E-state index in [-0.39, 0.29) is 18.1 Å². The number of benzene rings is 3. The Hall–Kier alpha value is -3.57. The molecule has 1 aliphatic heterocycles. The standard InChI is InChI=1S/C29H28FN3O/c30-27-7-3-2-6-26(27)22-10-8-21(9-11-22)18-29(34)32-24-14-15-28-23(19-24)12-13-25(31-28)20-33-16-4-1-5-17-33/h2-3,6-15,19H,1,4-5,16-18,20H2,(H,32,34). The topological polar surface area (TPSA) is 45.2 Å². The van der Waals surface area contributed by atoms with Crippen molar-refractivity contribution in [3.63, 3.8) is 0 Å². The van der Waals surface area contributed by atoms with Gasteiger partial charge in [-0.25, -0.2) is 4.39 Å². The lowest BCUT2D eigenvalue weighted by Crippen LogP contribution is -2.29. The third-order valence-corrected chi connectivity index (χ3v) is 6.37. The Morgan fingerprint density at radius 2 is 1.71 bits per heavy atom. The minimum Gasteiger partial charge on any atom is -0.326 e. The van der Waals surface area contributed by atoms with E-state index in [4.69, 9.17) is 4.98 Å². The summed E-state index contributed by atoms with van der Waals surface area (Å²) in [4.78, 5) is 19.9. The van der Waals surface area contributed by atoms with E-state index in [2.05, 4.69) is 22.3 Å². The molecule has 1 aliphatic rings. The van der Waals surface area contributed by atoms with Crippen LogP contribution in [0.2, 0.25) is 0 Å². The van der Waals surface area contributed by atoms with Crippen molar-refractivity contribution in [2.24, 2.45) is 0 Å². The Kier molecular flexibility index (Phi) is 6.63. The van der Waals surface area contributed by atoms with Crippen molar-refractivity contribution < 1.29 is 9.18 Å². The van der Waals surface area contributed by atoms with Gasteiger partial charge in [0.15, 0.2) is 0 Å². The van der Waals surface area contributed by atoms with Gasteiger partial charge in [0.25, 0.3) is 0 Å². The molecule has 5 rings (SSSR count). The number of aromatic nitrogens is 1. The smallest absolute Gasteiger partial charge is 0.228 e. The van der Waals surface area contributed by atoms with Crippen LogP contribution in [0, 0.1) is 5.82 Å². The predicted octanol–water partition coefficient (Wildman–Crippen LogP) is 6.21. The fraction of sp³-hybridized carbons (Fsp3) is 0.241. The highest BCUT2D eigenvalue weighted by Gasteiger charge is 2.12. The van der Waals surface area contributed by atoms with Crippen LogP contribution in [0.3, 0.4) is 0 Å². The molecular formula is C29H28FN3O. The molecule has 1 N–H and O–H groups in total. The first kappa shape index (κ1) is 22.2. The van der Waals surface area contributed by atoms with E-state index in [1.54, 1.807) is 12.1 Å². The number of amides is 1. The zero-order chi connectivity index (χ0) is 23.3. The highest BCUT2D eigenvalue weighted by molar-refractivity contribution is 5.94. The molecule has 3 aromatic carbocycles. The molecule has 0 atom stereocenters. The average Bonchev–Trinajstić information content (AvgIpc) is 2.86. The van der Waals surface area contributed by atoms with Crippen molar-refractivity contribution in [2.45, 2.75) is 32.2 Å². The zero-order valence-electron chi connectivity index (χ0n) is 19.1. The van der Waals surface area contributed by atoms with E-state index in [0.29, 0.717) is 5.56 Å². The van der Waals surface area contributed by atoms with Crippen LogP contribution >= 0.6 is 0 Å². The first-order valence-electron chi connectivity index (χ1n) is 11.9. The second-order valence-electron chi connectivity index (χ2n) is 8.95. The summed E-state index contributed by atoms with van der Waals surface area (Å²) in [7, 11) is 0. The van der Waals surface area contributed by atoms with Gasteiger partial charge in [-0.15, -0.1) is 0 Å². The number of hydrogen-bond acceptors (Lipinski definition) is 3. The Bertz CT molecular complexity index is 1300. The van der Waals surface area contributed by atoms with Crippen molar-refractivity contribution in [3.05, 3.63) is 95.9 Å². The first-order chi connectivity index (χ1) is 16.6. The van der Waals surface area contributed by atoms with E-state index in [0.717, 1.165) is 53.0 Å². The van der Waals surface area contributed by atoms with Gasteiger partial charge in [0.1, 0.15) is 5.82 Å². The maximum atomic E-state index is 14.0. The molecule has 1 amide bonds. The van der Waals surface area contributed by atoms with Crippen molar-refractivity contribution in [1.82, 2.24) is 9.88 Å². The predicted molar refractivity (Wildman–Crippen MR) is 135 cm³/mol. The lowest BCUT2D eigenvalue weighted by molar-refractivity contribution is -0.115. The monoisotopic (exact) mass is 453 g/mol. The summed E-state index contributed by atoms with van der Waals surface area (Å²) in [5, 5.41) is 3.99. The van der Waals surface area contributed by atoms with Gasteiger partial charge in [0, 0.05) is 23.2 Å². The minimum absolute atomic E-state index is 0.0901. The molecule has 0 radical (unpaired) electrons. The number of carbonyl (C=O) groups excluding carboxylic acids is 1. The van der Waals surface area contributed by atoms with Gasteiger partial charge in [-0.1, -0.05) is 55.0 Å². The number of anilines is 1. The number of piperidine rings is 1. The molecule has 0 bridgehead atoms. The molecule has 0 saturated carbocycles. The lowest BCUT2D eigenvalue weighted by atomic mass is 10.0. The Morgan fingerprint density at radius 3 is 2.50 bits per heavy atom. The molecule has 34 heavy (non-hydrogen) atoms. The summed E-state index contributed by atoms with van der Waals surface area (Å²) in [6.45, 7) is 3.19. The molecule has 0 unspecified atom stereocenters. The molecule has 5 heteroatoms. The Labute approximate surface area is 199 Å². The van der Waals surface area contributed by atoms with E-state index in [1.165, 1.54) is 25.3 Å². The van der Waals surface area contributed by atoms with Gasteiger partial charge >= 0.3 is 0 Å². The number of halogens is 1. The second-order valence-corrected chi connectivity index (χ2v) is 8.95. The number of carbonyl (C=O) groups is 1. The zero-order valence-corrected chi connectivity index (χ0v) is 19.1. The van der Waals surface area contributed by atoms with Crippen LogP contribution in [0.5, 0.6) is 0 Å². The average molecular weight is 454 g/mol. The fourth-order valence-electron chi connectivity index (χ4n) is 4.57. The van der Waals surface area contributed by atoms with Gasteiger partial charge < -0.3 is 5.32 Å². The van der Waals surface area contributed by atoms with E-state index >= 15 is 0 Å². The van der Waals surface area contributed by atoms with E-state index in [1.807, 2.05) is 48.5 Å². The molecule has 0 spiro atoms. The lowest BCUT2D eigenvalue weighted by Gasteiger charge is -2.26. The summed E-state index contributed by atoms with van der Waals surface area (Å²) in [6, 6.07) is 24.1. The number of pyridine rings is 1. The van der Waals surface area contributed by atoms with Gasteiger partial charge in [0.2, 0.25) is 5.91 Å². The van der Waals surface area contributed by atoms with Crippen molar-refractivity contribution in [2.75, 3.05) is 18.4 Å². The van der Waals surface area contributed by atoms with Crippen LogP contribution in [-0.4, -0.2) is 28.9 Å². The Balaban J connectivity index is 1.21. The SMILES string of the molecule is O=C(Cc1ccc(-c2ccccc2F)cc1)Nc1ccc2nc(CN3CCCCC3)ccc2c1. The van der Waals surface area contributed by atoms with Crippen molar-refractivity contribution in [3.8, 4) is 11.1 Å². The molecule has 172 valence electrons. The van der Waals surface area contributed by atoms with E-state index < -0.39 is 0 Å². The highest BCUT2D eigenvalue weighted by Crippen LogP contribution is 2.23. The van der Waals surface area contributed by atoms with Crippen LogP contribution in [0.1, 0.15) is 30.5 Å². The van der Waals surface area contributed by atoms with Gasteiger partial charge in [-0.3, -0.25) is 14.7 Å². The third kappa shape index (κ3) is 5.32. The van der Waals surface area contributed by atoms with Gasteiger partial charge in [0.05, 0.1) is 17.6 Å². The maximum absolute atomic E-state index is 14.0. The first-order valence-corrected chi connectivity index (χ1v) is 11.9. The number of likely N-dealkylation sites (tertiary alicyclic amines) is 1. The van der Waals surface area contributed by atoms with Crippen molar-refractivity contribution >= 4 is 22.5 Å². The number of nitrogens with one attached hydrogen (secondary N) is 1. The van der Waals surface area contributed by atoms with Crippen LogP contribution in [0.4, 0.5) is 10.1 Å². The summed E-state index contributed by atoms with van der Waals surface area (Å²) >= 11 is 0. The maximum Gasteiger partial charge on any atom is 0.228 e. The minimum atomic E-state index is -0.252. The summed E-state index contributed by atoms with van der Waals surface area (Å²) < 4.78 is 14.0. The van der Waals surface area contributed by atoms with Crippen molar-refractivity contribution in [1.29, 1.82) is 0 Å². The third-order valence-electron chi connectivity index (χ3n) is 6.37. The van der Waals surface area contributed by atoms with Gasteiger partial charge in [-0.05, 0) is 67.4 Å². The molecule has 4 aromatic rings. The van der Waals surface area contributed by atoms with Crippen LogP contribution in [0.15, 0.2) is 78.9 Å². The molecule has 0 aliphatic carbocycles. The molecule has 1 fully saturated rings. The molecule has 2 heterocycles. The normalized spacial score (nSPS) is 14.3.